The third kappa shape index (κ3) is 2.79. The van der Waals surface area contributed by atoms with Gasteiger partial charge in [-0.1, -0.05) is 6.92 Å². The summed E-state index contributed by atoms with van der Waals surface area (Å²) in [4.78, 5) is 8.31. The smallest absolute Gasteiger partial charge is 0.123 e. The van der Waals surface area contributed by atoms with Crippen molar-refractivity contribution in [3.63, 3.8) is 0 Å². The highest BCUT2D eigenvalue weighted by atomic mass is 32.2. The van der Waals surface area contributed by atoms with E-state index in [2.05, 4.69) is 27.7 Å². The highest BCUT2D eigenvalue weighted by molar-refractivity contribution is 7.99. The molecule has 0 fully saturated rings. The summed E-state index contributed by atoms with van der Waals surface area (Å²) >= 11 is 1.85. The van der Waals surface area contributed by atoms with E-state index >= 15 is 0 Å². The monoisotopic (exact) mass is 248 g/mol. The van der Waals surface area contributed by atoms with Crippen molar-refractivity contribution < 1.29 is 0 Å². The molecule has 90 valence electrons. The predicted molar refractivity (Wildman–Crippen MR) is 72.8 cm³/mol. The number of thioether (sulfide) groups is 1. The molecule has 0 radical (unpaired) electrons. The van der Waals surface area contributed by atoms with Gasteiger partial charge in [0.2, 0.25) is 0 Å². The standard InChI is InChI=1S/C12H16N4S/c1-9(17-2)7-16-8-14-6-11(16)10-3-4-12(13)15-5-10/h3-6,8-9H,7H2,1-2H3,(H2,13,15). The zero-order valence-corrected chi connectivity index (χ0v) is 10.8. The quantitative estimate of drug-likeness (QED) is 0.902. The average molecular weight is 248 g/mol. The number of pyridine rings is 1. The number of hydrogen-bond donors (Lipinski definition) is 1. The predicted octanol–water partition coefficient (Wildman–Crippen LogP) is 2.28. The first kappa shape index (κ1) is 12.0. The molecule has 0 saturated heterocycles. The van der Waals surface area contributed by atoms with Crippen molar-refractivity contribution in [3.8, 4) is 11.3 Å². The first-order valence-electron chi connectivity index (χ1n) is 5.45. The van der Waals surface area contributed by atoms with Gasteiger partial charge in [0.25, 0.3) is 0 Å². The van der Waals surface area contributed by atoms with Crippen LogP contribution in [0.5, 0.6) is 0 Å². The topological polar surface area (TPSA) is 56.7 Å². The molecule has 1 unspecified atom stereocenters. The number of nitrogens with two attached hydrogens (primary N) is 1. The van der Waals surface area contributed by atoms with Gasteiger partial charge >= 0.3 is 0 Å². The van der Waals surface area contributed by atoms with E-state index in [1.165, 1.54) is 0 Å². The number of imidazole rings is 1. The normalized spacial score (nSPS) is 12.6. The number of nitrogens with zero attached hydrogens (tertiary/aromatic N) is 3. The van der Waals surface area contributed by atoms with Crippen LogP contribution in [0.15, 0.2) is 30.9 Å². The third-order valence-electron chi connectivity index (χ3n) is 2.65. The Balaban J connectivity index is 2.27. The summed E-state index contributed by atoms with van der Waals surface area (Å²) in [6.07, 6.45) is 7.62. The van der Waals surface area contributed by atoms with E-state index in [0.717, 1.165) is 17.8 Å². The number of rotatable bonds is 4. The molecule has 0 spiro atoms. The molecule has 0 aliphatic carbocycles. The molecule has 17 heavy (non-hydrogen) atoms. The van der Waals surface area contributed by atoms with Crippen LogP contribution in [0.2, 0.25) is 0 Å². The zero-order valence-electron chi connectivity index (χ0n) is 10.00. The van der Waals surface area contributed by atoms with E-state index in [1.807, 2.05) is 36.4 Å². The molecule has 4 nitrogen and oxygen atoms in total. The molecule has 2 aromatic rings. The number of anilines is 1. The van der Waals surface area contributed by atoms with Crippen LogP contribution in [0.3, 0.4) is 0 Å². The second-order valence-electron chi connectivity index (χ2n) is 3.95. The fourth-order valence-electron chi connectivity index (χ4n) is 1.61. The molecule has 5 heteroatoms. The van der Waals surface area contributed by atoms with Crippen LogP contribution < -0.4 is 5.73 Å². The molecular weight excluding hydrogens is 232 g/mol. The Kier molecular flexibility index (Phi) is 3.68. The summed E-state index contributed by atoms with van der Waals surface area (Å²) in [7, 11) is 0. The SMILES string of the molecule is CSC(C)Cn1cncc1-c1ccc(N)nc1. The number of hydrogen-bond acceptors (Lipinski definition) is 4. The maximum Gasteiger partial charge on any atom is 0.123 e. The van der Waals surface area contributed by atoms with Gasteiger partial charge in [-0.2, -0.15) is 11.8 Å². The first-order chi connectivity index (χ1) is 8.20. The van der Waals surface area contributed by atoms with Crippen LogP contribution in [0.1, 0.15) is 6.92 Å². The summed E-state index contributed by atoms with van der Waals surface area (Å²) in [5, 5.41) is 0.560. The molecule has 0 aliphatic rings. The summed E-state index contributed by atoms with van der Waals surface area (Å²) in [5.74, 6) is 0.539. The Morgan fingerprint density at radius 1 is 1.41 bits per heavy atom. The van der Waals surface area contributed by atoms with Gasteiger partial charge in [-0.3, -0.25) is 0 Å². The minimum atomic E-state index is 0.539. The fourth-order valence-corrected chi connectivity index (χ4v) is 1.92. The second kappa shape index (κ2) is 5.23. The lowest BCUT2D eigenvalue weighted by molar-refractivity contribution is 0.698. The molecular formula is C12H16N4S. The third-order valence-corrected chi connectivity index (χ3v) is 3.60. The Hall–Kier alpha value is -1.49. The lowest BCUT2D eigenvalue weighted by Crippen LogP contribution is -2.09. The maximum atomic E-state index is 5.58. The van der Waals surface area contributed by atoms with Gasteiger partial charge in [0, 0.05) is 23.6 Å². The molecule has 1 atom stereocenters. The van der Waals surface area contributed by atoms with Crippen LogP contribution in [0, 0.1) is 0 Å². The molecule has 2 rings (SSSR count). The minimum absolute atomic E-state index is 0.539. The van der Waals surface area contributed by atoms with Crippen molar-refractivity contribution in [2.24, 2.45) is 0 Å². The van der Waals surface area contributed by atoms with Gasteiger partial charge in [0.1, 0.15) is 5.82 Å². The van der Waals surface area contributed by atoms with Crippen LogP contribution in [-0.4, -0.2) is 26.0 Å². The van der Waals surface area contributed by atoms with Crippen LogP contribution in [-0.2, 0) is 6.54 Å². The van der Waals surface area contributed by atoms with Gasteiger partial charge in [-0.15, -0.1) is 0 Å². The van der Waals surface area contributed by atoms with Crippen molar-refractivity contribution in [2.75, 3.05) is 12.0 Å². The van der Waals surface area contributed by atoms with E-state index in [4.69, 9.17) is 5.73 Å². The van der Waals surface area contributed by atoms with Crippen molar-refractivity contribution in [1.82, 2.24) is 14.5 Å². The van der Waals surface area contributed by atoms with Crippen molar-refractivity contribution >= 4 is 17.6 Å². The Labute approximate surface area is 105 Å². The van der Waals surface area contributed by atoms with Gasteiger partial charge in [-0.25, -0.2) is 9.97 Å². The Morgan fingerprint density at radius 3 is 2.88 bits per heavy atom. The summed E-state index contributed by atoms with van der Waals surface area (Å²) in [5.41, 5.74) is 7.71. The van der Waals surface area contributed by atoms with E-state index < -0.39 is 0 Å². The van der Waals surface area contributed by atoms with Crippen molar-refractivity contribution in [1.29, 1.82) is 0 Å². The van der Waals surface area contributed by atoms with E-state index in [0.29, 0.717) is 11.1 Å². The average Bonchev–Trinajstić information content (AvgIpc) is 2.78. The first-order valence-corrected chi connectivity index (χ1v) is 6.74. The summed E-state index contributed by atoms with van der Waals surface area (Å²) < 4.78 is 2.15. The lowest BCUT2D eigenvalue weighted by atomic mass is 10.2. The van der Waals surface area contributed by atoms with Gasteiger partial charge < -0.3 is 10.3 Å². The Bertz CT molecular complexity index is 478. The van der Waals surface area contributed by atoms with E-state index in [-0.39, 0.29) is 0 Å². The van der Waals surface area contributed by atoms with Crippen LogP contribution >= 0.6 is 11.8 Å². The molecule has 0 bridgehead atoms. The highest BCUT2D eigenvalue weighted by Gasteiger charge is 2.08. The molecule has 2 N–H and O–H groups in total. The van der Waals surface area contributed by atoms with Crippen LogP contribution in [0.25, 0.3) is 11.3 Å². The van der Waals surface area contributed by atoms with Crippen molar-refractivity contribution in [3.05, 3.63) is 30.9 Å². The van der Waals surface area contributed by atoms with Crippen molar-refractivity contribution in [2.45, 2.75) is 18.7 Å². The molecule has 2 aromatic heterocycles. The number of nitrogen functional groups attached to an aromatic ring is 1. The maximum absolute atomic E-state index is 5.58. The molecule has 0 saturated carbocycles. The Morgan fingerprint density at radius 2 is 2.24 bits per heavy atom. The molecule has 0 aliphatic heterocycles. The van der Waals surface area contributed by atoms with E-state index in [1.54, 1.807) is 6.20 Å². The van der Waals surface area contributed by atoms with E-state index in [9.17, 15) is 0 Å². The van der Waals surface area contributed by atoms with Gasteiger partial charge in [-0.05, 0) is 18.4 Å². The fraction of sp³-hybridized carbons (Fsp3) is 0.333. The highest BCUT2D eigenvalue weighted by Crippen LogP contribution is 2.20. The molecule has 0 amide bonds. The largest absolute Gasteiger partial charge is 0.384 e. The van der Waals surface area contributed by atoms with Gasteiger partial charge in [0.05, 0.1) is 18.2 Å². The minimum Gasteiger partial charge on any atom is -0.384 e. The summed E-state index contributed by atoms with van der Waals surface area (Å²) in [6.45, 7) is 3.15. The second-order valence-corrected chi connectivity index (χ2v) is 5.23. The van der Waals surface area contributed by atoms with Crippen LogP contribution in [0.4, 0.5) is 5.82 Å². The lowest BCUT2D eigenvalue weighted by Gasteiger charge is -2.12. The molecule has 2 heterocycles. The number of aromatic nitrogens is 3. The van der Waals surface area contributed by atoms with Gasteiger partial charge in [0.15, 0.2) is 0 Å². The molecule has 0 aromatic carbocycles. The summed E-state index contributed by atoms with van der Waals surface area (Å²) in [6, 6.07) is 3.78. The zero-order chi connectivity index (χ0) is 12.3.